The minimum Gasteiger partial charge on any atom is -0.356 e. The second-order valence-corrected chi connectivity index (χ2v) is 15.6. The molecule has 0 aromatic carbocycles. The van der Waals surface area contributed by atoms with Crippen LogP contribution in [0.2, 0.25) is 0 Å². The number of nitrogens with zero attached hydrogens (tertiary/aromatic N) is 6. The monoisotopic (exact) mass is 622 g/mol. The lowest BCUT2D eigenvalue weighted by Crippen LogP contribution is -2.50. The van der Waals surface area contributed by atoms with Crippen LogP contribution in [0.1, 0.15) is 59.3 Å². The molecule has 1 aromatic rings. The molecule has 6 atom stereocenters. The van der Waals surface area contributed by atoms with Gasteiger partial charge in [-0.3, -0.25) is 14.5 Å². The molecule has 0 bridgehead atoms. The molecule has 4 heterocycles. The number of allylic oxidation sites excluding steroid dienone is 8. The summed E-state index contributed by atoms with van der Waals surface area (Å²) in [6, 6.07) is 2.21. The third kappa shape index (κ3) is 4.97. The zero-order valence-corrected chi connectivity index (χ0v) is 28.0. The lowest BCUT2D eigenvalue weighted by Gasteiger charge is -2.50. The Labute approximate surface area is 274 Å². The van der Waals surface area contributed by atoms with Gasteiger partial charge in [0.1, 0.15) is 11.6 Å². The zero-order chi connectivity index (χ0) is 31.6. The van der Waals surface area contributed by atoms with Gasteiger partial charge in [0.25, 0.3) is 0 Å². The molecule has 3 aliphatic heterocycles. The fraction of sp³-hybridized carbons (Fsp3) is 0.632. The lowest BCUT2D eigenvalue weighted by molar-refractivity contribution is -0.129. The molecule has 46 heavy (non-hydrogen) atoms. The van der Waals surface area contributed by atoms with Crippen LogP contribution >= 0.6 is 0 Å². The normalized spacial score (nSPS) is 35.6. The summed E-state index contributed by atoms with van der Waals surface area (Å²) < 4.78 is 0. The highest BCUT2D eigenvalue weighted by Gasteiger charge is 2.58. The summed E-state index contributed by atoms with van der Waals surface area (Å²) in [5, 5.41) is 0. The average Bonchev–Trinajstić information content (AvgIpc) is 3.83. The molecular formula is C38H50N6O2. The molecule has 8 nitrogen and oxygen atoms in total. The van der Waals surface area contributed by atoms with Gasteiger partial charge in [-0.15, -0.1) is 0 Å². The van der Waals surface area contributed by atoms with E-state index in [9.17, 15) is 9.59 Å². The lowest BCUT2D eigenvalue weighted by atomic mass is 9.54. The number of fused-ring (bicyclic) bond motifs is 5. The van der Waals surface area contributed by atoms with Crippen LogP contribution in [0.4, 0.5) is 17.6 Å². The Bertz CT molecular complexity index is 1490. The molecule has 0 radical (unpaired) electrons. The van der Waals surface area contributed by atoms with Crippen molar-refractivity contribution in [1.29, 1.82) is 0 Å². The zero-order valence-electron chi connectivity index (χ0n) is 28.0. The van der Waals surface area contributed by atoms with Crippen LogP contribution in [0.5, 0.6) is 0 Å². The van der Waals surface area contributed by atoms with Crippen LogP contribution in [-0.2, 0) is 9.59 Å². The number of ketones is 2. The molecule has 1 saturated carbocycles. The minimum absolute atomic E-state index is 0.0402. The predicted molar refractivity (Wildman–Crippen MR) is 183 cm³/mol. The van der Waals surface area contributed by atoms with Crippen LogP contribution in [0.25, 0.3) is 0 Å². The Kier molecular flexibility index (Phi) is 7.50. The second kappa shape index (κ2) is 11.5. The summed E-state index contributed by atoms with van der Waals surface area (Å²) in [6.07, 6.45) is 19.5. The van der Waals surface area contributed by atoms with Crippen molar-refractivity contribution >= 4 is 29.2 Å². The van der Waals surface area contributed by atoms with Gasteiger partial charge in [0.15, 0.2) is 11.6 Å². The number of piperazine rings is 1. The average molecular weight is 623 g/mol. The summed E-state index contributed by atoms with van der Waals surface area (Å²) in [4.78, 5) is 46.0. The van der Waals surface area contributed by atoms with Crippen molar-refractivity contribution < 1.29 is 9.59 Å². The van der Waals surface area contributed by atoms with Gasteiger partial charge in [0.2, 0.25) is 5.95 Å². The molecule has 0 spiro atoms. The number of Topliss-reactive ketones (excluding diaryl/α,β-unsaturated/α-hetero) is 1. The van der Waals surface area contributed by atoms with Gasteiger partial charge in [0.05, 0.1) is 6.54 Å². The SMILES string of the molecule is C[C@@H]1C[C@H]2[C@@H]3C=CC4=CC(=O)C=C[C@]4(C)C3=CC[C@]2(C)[C@H]1C(=O)CN1CCN(c2cc(N3CCCC3)nc(N3CCCC3)n2)CC1. The first-order valence-electron chi connectivity index (χ1n) is 18.0. The molecule has 0 unspecified atom stereocenters. The first-order chi connectivity index (χ1) is 22.2. The number of carbonyl (C=O) groups excluding carboxylic acids is 2. The third-order valence-electron chi connectivity index (χ3n) is 12.8. The second-order valence-electron chi connectivity index (χ2n) is 15.6. The van der Waals surface area contributed by atoms with Crippen LogP contribution in [-0.4, -0.2) is 85.3 Å². The van der Waals surface area contributed by atoms with Crippen LogP contribution in [0.3, 0.4) is 0 Å². The number of anilines is 3. The minimum atomic E-state index is -0.214. The number of carbonyl (C=O) groups is 2. The Morgan fingerprint density at radius 3 is 2.24 bits per heavy atom. The number of aromatic nitrogens is 2. The van der Waals surface area contributed by atoms with Gasteiger partial charge in [-0.25, -0.2) is 0 Å². The van der Waals surface area contributed by atoms with Gasteiger partial charge < -0.3 is 14.7 Å². The molecule has 244 valence electrons. The van der Waals surface area contributed by atoms with Crippen LogP contribution < -0.4 is 14.7 Å². The van der Waals surface area contributed by atoms with Crippen molar-refractivity contribution in [3.8, 4) is 0 Å². The van der Waals surface area contributed by atoms with Crippen molar-refractivity contribution in [3.05, 3.63) is 53.7 Å². The van der Waals surface area contributed by atoms with Crippen molar-refractivity contribution in [2.45, 2.75) is 59.3 Å². The van der Waals surface area contributed by atoms with Gasteiger partial charge in [-0.05, 0) is 80.4 Å². The molecule has 4 fully saturated rings. The van der Waals surface area contributed by atoms with E-state index in [1.807, 2.05) is 0 Å². The summed E-state index contributed by atoms with van der Waals surface area (Å²) >= 11 is 0. The first kappa shape index (κ1) is 30.1. The van der Waals surface area contributed by atoms with E-state index in [4.69, 9.17) is 9.97 Å². The van der Waals surface area contributed by atoms with E-state index in [0.29, 0.717) is 30.1 Å². The predicted octanol–water partition coefficient (Wildman–Crippen LogP) is 5.23. The molecule has 7 aliphatic rings. The molecule has 8 rings (SSSR count). The summed E-state index contributed by atoms with van der Waals surface area (Å²) in [5.41, 5.74) is 2.27. The quantitative estimate of drug-likeness (QED) is 0.400. The third-order valence-corrected chi connectivity index (χ3v) is 12.8. The van der Waals surface area contributed by atoms with E-state index in [0.717, 1.165) is 88.4 Å². The highest BCUT2D eigenvalue weighted by molar-refractivity contribution is 6.02. The Morgan fingerprint density at radius 2 is 1.54 bits per heavy atom. The van der Waals surface area contributed by atoms with E-state index in [1.165, 1.54) is 31.3 Å². The summed E-state index contributed by atoms with van der Waals surface area (Å²) in [6.45, 7) is 15.3. The summed E-state index contributed by atoms with van der Waals surface area (Å²) in [7, 11) is 0. The van der Waals surface area contributed by atoms with Gasteiger partial charge in [-0.2, -0.15) is 9.97 Å². The Balaban J connectivity index is 0.951. The van der Waals surface area contributed by atoms with Crippen LogP contribution in [0.15, 0.2) is 53.7 Å². The standard InChI is InChI=1S/C38H50N6O2/c1-26-22-31-29-9-8-27-23-28(45)10-12-37(27,2)30(29)11-13-38(31,3)35(26)32(46)25-41-18-20-43(21-19-41)34-24-33(42-14-4-5-15-42)39-36(40-34)44-16-6-7-17-44/h8-12,23-24,26,29,31,35H,4-7,13-22,25H2,1-3H3/t26-,29-,31+,35-,37+,38+/m1/s1. The fourth-order valence-corrected chi connectivity index (χ4v) is 10.3. The van der Waals surface area contributed by atoms with E-state index in [1.54, 1.807) is 12.2 Å². The summed E-state index contributed by atoms with van der Waals surface area (Å²) in [5.74, 6) is 4.72. The van der Waals surface area contributed by atoms with E-state index >= 15 is 0 Å². The highest BCUT2D eigenvalue weighted by Crippen LogP contribution is 2.63. The van der Waals surface area contributed by atoms with Crippen molar-refractivity contribution in [1.82, 2.24) is 14.9 Å². The van der Waals surface area contributed by atoms with Gasteiger partial charge in [0, 0.05) is 75.7 Å². The topological polar surface area (TPSA) is 72.9 Å². The van der Waals surface area contributed by atoms with Crippen molar-refractivity contribution in [3.63, 3.8) is 0 Å². The van der Waals surface area contributed by atoms with Gasteiger partial charge in [-0.1, -0.05) is 43.7 Å². The van der Waals surface area contributed by atoms with Gasteiger partial charge >= 0.3 is 0 Å². The van der Waals surface area contributed by atoms with E-state index in [-0.39, 0.29) is 22.5 Å². The highest BCUT2D eigenvalue weighted by atomic mass is 16.1. The molecule has 0 amide bonds. The maximum absolute atomic E-state index is 14.2. The fourth-order valence-electron chi connectivity index (χ4n) is 10.3. The van der Waals surface area contributed by atoms with Crippen molar-refractivity contribution in [2.24, 2.45) is 34.5 Å². The molecule has 8 heteroatoms. The van der Waals surface area contributed by atoms with Crippen molar-refractivity contribution in [2.75, 3.05) is 73.6 Å². The molecule has 3 saturated heterocycles. The Hall–Kier alpha value is -3.26. The molecule has 1 aromatic heterocycles. The maximum atomic E-state index is 14.2. The number of hydrogen-bond acceptors (Lipinski definition) is 8. The number of rotatable bonds is 6. The molecular weight excluding hydrogens is 572 g/mol. The maximum Gasteiger partial charge on any atom is 0.229 e. The molecule has 4 aliphatic carbocycles. The van der Waals surface area contributed by atoms with E-state index in [2.05, 4.69) is 70.7 Å². The molecule has 0 N–H and O–H groups in total. The first-order valence-corrected chi connectivity index (χ1v) is 18.0. The Morgan fingerprint density at radius 1 is 0.891 bits per heavy atom. The van der Waals surface area contributed by atoms with E-state index < -0.39 is 0 Å². The largest absolute Gasteiger partial charge is 0.356 e. The smallest absolute Gasteiger partial charge is 0.229 e. The van der Waals surface area contributed by atoms with Crippen LogP contribution in [0, 0.1) is 34.5 Å². The number of hydrogen-bond donors (Lipinski definition) is 0.